The van der Waals surface area contributed by atoms with Gasteiger partial charge in [-0.05, 0) is 186 Å². The Bertz CT molecular complexity index is 3210. The number of allylic oxidation sites excluding steroid dienone is 42. The monoisotopic (exact) mass is 1650 g/mol. The van der Waals surface area contributed by atoms with Crippen LogP contribution in [0.15, 0.2) is 255 Å². The Morgan fingerprint density at radius 2 is 0.466 bits per heavy atom. The first-order valence-electron chi connectivity index (χ1n) is 42.9. The number of unbranched alkanes of at least 4 members (excludes halogenated alkanes) is 9. The molecule has 0 bridgehead atoms. The van der Waals surface area contributed by atoms with E-state index in [0.717, 1.165) is 135 Å². The van der Waals surface area contributed by atoms with Gasteiger partial charge < -0.3 is 33.8 Å². The van der Waals surface area contributed by atoms with Gasteiger partial charge in [0.1, 0.15) is 19.3 Å². The first-order valence-corrected chi connectivity index (χ1v) is 45.9. The Morgan fingerprint density at radius 1 is 0.250 bits per heavy atom. The smallest absolute Gasteiger partial charge is 0.462 e. The zero-order valence-corrected chi connectivity index (χ0v) is 72.8. The van der Waals surface area contributed by atoms with Crippen LogP contribution in [0.3, 0.4) is 0 Å². The predicted molar refractivity (Wildman–Crippen MR) is 481 cm³/mol. The molecule has 0 aliphatic rings. The van der Waals surface area contributed by atoms with Crippen LogP contribution < -0.4 is 0 Å². The van der Waals surface area contributed by atoms with E-state index in [1.807, 2.05) is 54.7 Å². The van der Waals surface area contributed by atoms with E-state index in [1.165, 1.54) is 38.5 Å². The normalized spacial score (nSPS) is 15.0. The number of phosphoric ester groups is 2. The molecule has 2 unspecified atom stereocenters. The zero-order valence-electron chi connectivity index (χ0n) is 71.0. The summed E-state index contributed by atoms with van der Waals surface area (Å²) in [6.07, 6.45) is 114. The number of aliphatic hydroxyl groups is 1. The largest absolute Gasteiger partial charge is 0.472 e. The number of ether oxygens (including phenoxy) is 4. The fourth-order valence-corrected chi connectivity index (χ4v) is 11.6. The van der Waals surface area contributed by atoms with E-state index in [2.05, 4.69) is 228 Å². The van der Waals surface area contributed by atoms with Crippen molar-refractivity contribution in [2.75, 3.05) is 39.6 Å². The van der Waals surface area contributed by atoms with Crippen LogP contribution in [0.25, 0.3) is 0 Å². The first-order chi connectivity index (χ1) is 56.7. The minimum absolute atomic E-state index is 0.00793. The minimum atomic E-state index is -5.04. The molecule has 0 fully saturated rings. The Hall–Kier alpha value is -7.40. The van der Waals surface area contributed by atoms with Crippen LogP contribution in [0.5, 0.6) is 0 Å². The molecule has 0 radical (unpaired) electrons. The predicted octanol–water partition coefficient (Wildman–Crippen LogP) is 26.1. The van der Waals surface area contributed by atoms with E-state index < -0.39 is 97.5 Å². The second-order valence-electron chi connectivity index (χ2n) is 27.3. The van der Waals surface area contributed by atoms with Crippen molar-refractivity contribution in [2.24, 2.45) is 0 Å². The minimum Gasteiger partial charge on any atom is -0.462 e. The van der Waals surface area contributed by atoms with Crippen molar-refractivity contribution in [1.82, 2.24) is 0 Å². The summed E-state index contributed by atoms with van der Waals surface area (Å²) in [4.78, 5) is 73.2. The molecule has 0 aromatic heterocycles. The van der Waals surface area contributed by atoms with Gasteiger partial charge in [0, 0.05) is 25.7 Å². The van der Waals surface area contributed by atoms with Crippen molar-refractivity contribution in [1.29, 1.82) is 0 Å². The number of carbonyl (C=O) groups is 4. The lowest BCUT2D eigenvalue weighted by Gasteiger charge is -2.21. The highest BCUT2D eigenvalue weighted by Crippen LogP contribution is 2.45. The zero-order chi connectivity index (χ0) is 84.5. The molecular weight excluding hydrogens is 1500 g/mol. The molecule has 648 valence electrons. The topological polar surface area (TPSA) is 237 Å². The molecule has 0 saturated heterocycles. The molecule has 5 atom stereocenters. The molecule has 0 aromatic carbocycles. The van der Waals surface area contributed by atoms with E-state index in [4.69, 9.17) is 37.0 Å². The lowest BCUT2D eigenvalue weighted by molar-refractivity contribution is -0.161. The maximum Gasteiger partial charge on any atom is 0.472 e. The summed E-state index contributed by atoms with van der Waals surface area (Å²) in [5.74, 6) is -2.54. The SMILES string of the molecule is CC/C=C\C/C=C\C/C=C\C/C=C\C/C=C\C/C=C\CCC(=O)O[C@H](COC(=O)CC/C=C\C/C=C\C/C=C\C/C=C\C/C=C\CCCCC)COP(=O)(O)OC[C@@H](O)COP(=O)(O)OC[C@@H](COC(=O)CC/C=C\C/C=C\C/C=C\C/C=C\C/C=C\CCCCC)OC(=O)CCCCC/C=C\C/C=C\C/C=C\C/C=C\C/C=C\CC. The van der Waals surface area contributed by atoms with Crippen LogP contribution in [0, 0.1) is 0 Å². The van der Waals surface area contributed by atoms with Crippen molar-refractivity contribution in [3.05, 3.63) is 255 Å². The highest BCUT2D eigenvalue weighted by molar-refractivity contribution is 7.47. The lowest BCUT2D eigenvalue weighted by atomic mass is 10.1. The fourth-order valence-electron chi connectivity index (χ4n) is 10.1. The summed E-state index contributed by atoms with van der Waals surface area (Å²) < 4.78 is 68.5. The summed E-state index contributed by atoms with van der Waals surface area (Å²) in [6, 6.07) is 0. The Labute approximate surface area is 700 Å². The standard InChI is InChI=1S/C97H148O17P2/c1-5-9-13-17-21-25-29-33-37-41-45-49-53-57-61-65-69-73-77-81-94(99)107-87-92(113-96(101)83-79-75-71-67-63-59-55-51-47-43-39-35-31-27-23-19-15-11-7-3)89-111-115(103,104)109-85-91(98)86-110-116(105,106)112-90-93(114-97(102)84-80-76-72-68-64-60-56-52-48-44-40-36-32-28-24-20-16-12-8-4)88-108-95(100)82-78-74-70-66-62-58-54-50-46-42-38-34-30-26-22-18-14-10-6-2/h11-12,15-16,21-28,33-40,45-52,57-64,69-71,73-75,91-93,98H,5-10,13-14,17-20,29-32,41-44,53-56,65-68,72,76-90H2,1-4H3,(H,103,104)(H,105,106)/b15-11-,16-12-,25-21-,26-22-,27-23-,28-24-,37-33-,38-34-,39-35-,40-36-,49-45-,50-46-,51-47-,52-48-,61-57-,62-58-,63-59-,64-60-,73-69-,74-70-,75-71-/t91-,92-,93-/m1/s1. The van der Waals surface area contributed by atoms with E-state index in [1.54, 1.807) is 0 Å². The highest BCUT2D eigenvalue weighted by Gasteiger charge is 2.30. The number of hydrogen-bond donors (Lipinski definition) is 3. The molecule has 0 aromatic rings. The fraction of sp³-hybridized carbons (Fsp3) is 0.526. The van der Waals surface area contributed by atoms with Crippen molar-refractivity contribution >= 4 is 39.5 Å². The van der Waals surface area contributed by atoms with Crippen molar-refractivity contribution in [3.8, 4) is 0 Å². The van der Waals surface area contributed by atoms with Crippen molar-refractivity contribution in [2.45, 2.75) is 290 Å². The number of carbonyl (C=O) groups excluding carboxylic acids is 4. The van der Waals surface area contributed by atoms with Crippen molar-refractivity contribution in [3.63, 3.8) is 0 Å². The van der Waals surface area contributed by atoms with Crippen LogP contribution in [0.2, 0.25) is 0 Å². The maximum atomic E-state index is 13.2. The van der Waals surface area contributed by atoms with Gasteiger partial charge in [-0.1, -0.05) is 315 Å². The molecule has 0 amide bonds. The third kappa shape index (κ3) is 84.5. The average Bonchev–Trinajstić information content (AvgIpc) is 0.898. The molecule has 19 heteroatoms. The summed E-state index contributed by atoms with van der Waals surface area (Å²) in [7, 11) is -10.1. The van der Waals surface area contributed by atoms with Gasteiger partial charge in [-0.2, -0.15) is 0 Å². The maximum absolute atomic E-state index is 13.2. The van der Waals surface area contributed by atoms with Gasteiger partial charge in [-0.15, -0.1) is 0 Å². The van der Waals surface area contributed by atoms with Crippen LogP contribution in [0.4, 0.5) is 0 Å². The molecule has 0 rings (SSSR count). The number of esters is 4. The van der Waals surface area contributed by atoms with Gasteiger partial charge in [-0.25, -0.2) is 9.13 Å². The van der Waals surface area contributed by atoms with E-state index in [0.29, 0.717) is 44.9 Å². The highest BCUT2D eigenvalue weighted by atomic mass is 31.2. The molecule has 116 heavy (non-hydrogen) atoms. The Morgan fingerprint density at radius 3 is 0.724 bits per heavy atom. The number of aliphatic hydroxyl groups excluding tert-OH is 1. The summed E-state index contributed by atoms with van der Waals surface area (Å²) in [5.41, 5.74) is 0. The third-order valence-corrected chi connectivity index (χ3v) is 18.4. The van der Waals surface area contributed by atoms with Gasteiger partial charge in [0.15, 0.2) is 12.2 Å². The molecule has 0 saturated carbocycles. The quantitative estimate of drug-likeness (QED) is 0.0169. The number of rotatable bonds is 77. The van der Waals surface area contributed by atoms with Crippen molar-refractivity contribution < 1.29 is 80.2 Å². The van der Waals surface area contributed by atoms with Gasteiger partial charge >= 0.3 is 39.5 Å². The van der Waals surface area contributed by atoms with Crippen LogP contribution >= 0.6 is 15.6 Å². The Balaban J connectivity index is 5.67. The molecule has 0 aliphatic carbocycles. The van der Waals surface area contributed by atoms with Gasteiger partial charge in [-0.3, -0.25) is 37.3 Å². The first kappa shape index (κ1) is 109. The van der Waals surface area contributed by atoms with E-state index in [9.17, 15) is 43.2 Å². The second kappa shape index (κ2) is 85.5. The van der Waals surface area contributed by atoms with Gasteiger partial charge in [0.2, 0.25) is 0 Å². The molecule has 17 nitrogen and oxygen atoms in total. The third-order valence-electron chi connectivity index (χ3n) is 16.5. The van der Waals surface area contributed by atoms with Crippen LogP contribution in [0.1, 0.15) is 272 Å². The summed E-state index contributed by atoms with van der Waals surface area (Å²) >= 11 is 0. The number of phosphoric acid groups is 2. The van der Waals surface area contributed by atoms with Crippen LogP contribution in [-0.2, 0) is 65.4 Å². The lowest BCUT2D eigenvalue weighted by Crippen LogP contribution is -2.30. The molecule has 0 aliphatic heterocycles. The number of hydrogen-bond acceptors (Lipinski definition) is 15. The van der Waals surface area contributed by atoms with E-state index in [-0.39, 0.29) is 25.7 Å². The Kier molecular flexibility index (Phi) is 80.0. The molecule has 0 heterocycles. The van der Waals surface area contributed by atoms with Gasteiger partial charge in [0.25, 0.3) is 0 Å². The average molecular weight is 1650 g/mol. The molecule has 3 N–H and O–H groups in total. The van der Waals surface area contributed by atoms with Gasteiger partial charge in [0.05, 0.1) is 26.4 Å². The molecule has 0 spiro atoms. The second-order valence-corrected chi connectivity index (χ2v) is 30.2. The summed E-state index contributed by atoms with van der Waals surface area (Å²) in [6.45, 7) is 4.25. The summed E-state index contributed by atoms with van der Waals surface area (Å²) in [5, 5.41) is 10.7. The van der Waals surface area contributed by atoms with Crippen LogP contribution in [-0.4, -0.2) is 96.7 Å². The molecular formula is C97H148O17P2. The van der Waals surface area contributed by atoms with E-state index >= 15 is 0 Å².